The van der Waals surface area contributed by atoms with Crippen LogP contribution in [-0.4, -0.2) is 22.7 Å². The number of carboxylic acids is 1. The second-order valence-corrected chi connectivity index (χ2v) is 5.30. The summed E-state index contributed by atoms with van der Waals surface area (Å²) >= 11 is 1.11. The van der Waals surface area contributed by atoms with Gasteiger partial charge in [0.1, 0.15) is 10.6 Å². The lowest BCUT2D eigenvalue weighted by Gasteiger charge is -2.04. The van der Waals surface area contributed by atoms with Crippen LogP contribution in [0, 0.1) is 11.6 Å². The minimum atomic E-state index is -0.989. The van der Waals surface area contributed by atoms with Gasteiger partial charge in [0.25, 0.3) is 0 Å². The van der Waals surface area contributed by atoms with Gasteiger partial charge in [0, 0.05) is 12.5 Å². The van der Waals surface area contributed by atoms with E-state index in [1.54, 1.807) is 0 Å². The van der Waals surface area contributed by atoms with Crippen LogP contribution in [0.25, 0.3) is 0 Å². The Hall–Kier alpha value is -2.02. The minimum Gasteiger partial charge on any atom is -0.493 e. The molecule has 7 heteroatoms. The predicted molar refractivity (Wildman–Crippen MR) is 74.0 cm³/mol. The quantitative estimate of drug-likeness (QED) is 0.889. The summed E-state index contributed by atoms with van der Waals surface area (Å²) in [5, 5.41) is 9.68. The predicted octanol–water partition coefficient (Wildman–Crippen LogP) is 3.30. The SMILES string of the molecule is CCc1nc(CCOc2ccc(F)c(F)c2)sc1C(=O)O. The largest absolute Gasteiger partial charge is 0.493 e. The Balaban J connectivity index is 1.97. The molecular weight excluding hydrogens is 300 g/mol. The van der Waals surface area contributed by atoms with Crippen molar-refractivity contribution in [2.45, 2.75) is 19.8 Å². The topological polar surface area (TPSA) is 59.4 Å². The van der Waals surface area contributed by atoms with Crippen LogP contribution in [0.1, 0.15) is 27.3 Å². The molecule has 0 spiro atoms. The van der Waals surface area contributed by atoms with Crippen molar-refractivity contribution in [3.05, 3.63) is 45.4 Å². The van der Waals surface area contributed by atoms with Crippen molar-refractivity contribution in [3.8, 4) is 5.75 Å². The number of nitrogens with zero attached hydrogens (tertiary/aromatic N) is 1. The van der Waals surface area contributed by atoms with Gasteiger partial charge in [-0.25, -0.2) is 18.6 Å². The maximum atomic E-state index is 13.0. The lowest BCUT2D eigenvalue weighted by Crippen LogP contribution is -2.02. The lowest BCUT2D eigenvalue weighted by atomic mass is 10.3. The van der Waals surface area contributed by atoms with Gasteiger partial charge in [-0.1, -0.05) is 6.92 Å². The summed E-state index contributed by atoms with van der Waals surface area (Å²) in [6, 6.07) is 3.30. The van der Waals surface area contributed by atoms with Crippen molar-refractivity contribution in [1.29, 1.82) is 0 Å². The highest BCUT2D eigenvalue weighted by atomic mass is 32.1. The van der Waals surface area contributed by atoms with E-state index in [4.69, 9.17) is 9.84 Å². The molecule has 2 rings (SSSR count). The summed E-state index contributed by atoms with van der Waals surface area (Å²) in [7, 11) is 0. The number of carboxylic acid groups (broad SMARTS) is 1. The first-order valence-electron chi connectivity index (χ1n) is 6.31. The van der Waals surface area contributed by atoms with E-state index in [1.807, 2.05) is 6.92 Å². The number of benzene rings is 1. The number of hydrogen-bond donors (Lipinski definition) is 1. The highest BCUT2D eigenvalue weighted by molar-refractivity contribution is 7.13. The van der Waals surface area contributed by atoms with Gasteiger partial charge in [0.15, 0.2) is 11.6 Å². The molecule has 1 aromatic carbocycles. The standard InChI is InChI=1S/C14H13F2NO3S/c1-2-11-13(14(18)19)21-12(17-11)5-6-20-8-3-4-9(15)10(16)7-8/h3-4,7H,2,5-6H2,1H3,(H,18,19). The third-order valence-electron chi connectivity index (χ3n) is 2.75. The molecule has 0 aliphatic heterocycles. The number of aromatic nitrogens is 1. The molecule has 0 radical (unpaired) electrons. The van der Waals surface area contributed by atoms with Crippen LogP contribution in [0.15, 0.2) is 18.2 Å². The average Bonchev–Trinajstić information content (AvgIpc) is 2.86. The lowest BCUT2D eigenvalue weighted by molar-refractivity contribution is 0.0701. The van der Waals surface area contributed by atoms with E-state index in [-0.39, 0.29) is 17.2 Å². The first-order chi connectivity index (χ1) is 10.0. The van der Waals surface area contributed by atoms with Crippen LogP contribution in [0.5, 0.6) is 5.75 Å². The van der Waals surface area contributed by atoms with Gasteiger partial charge in [-0.2, -0.15) is 0 Å². The Morgan fingerprint density at radius 1 is 1.38 bits per heavy atom. The molecule has 4 nitrogen and oxygen atoms in total. The van der Waals surface area contributed by atoms with Gasteiger partial charge in [0.05, 0.1) is 17.3 Å². The maximum Gasteiger partial charge on any atom is 0.347 e. The van der Waals surface area contributed by atoms with Crippen molar-refractivity contribution >= 4 is 17.3 Å². The Morgan fingerprint density at radius 3 is 2.71 bits per heavy atom. The third kappa shape index (κ3) is 3.75. The van der Waals surface area contributed by atoms with Crippen LogP contribution in [0.4, 0.5) is 8.78 Å². The Labute approximate surface area is 124 Å². The second-order valence-electron chi connectivity index (χ2n) is 4.22. The number of aromatic carboxylic acids is 1. The van der Waals surface area contributed by atoms with E-state index in [9.17, 15) is 13.6 Å². The maximum absolute atomic E-state index is 13.0. The van der Waals surface area contributed by atoms with Gasteiger partial charge in [-0.05, 0) is 18.6 Å². The zero-order chi connectivity index (χ0) is 15.4. The number of halogens is 2. The number of aryl methyl sites for hydroxylation is 1. The fraction of sp³-hybridized carbons (Fsp3) is 0.286. The summed E-state index contributed by atoms with van der Waals surface area (Å²) in [6.07, 6.45) is 0.951. The summed E-state index contributed by atoms with van der Waals surface area (Å²) in [6.45, 7) is 2.05. The summed E-state index contributed by atoms with van der Waals surface area (Å²) in [4.78, 5) is 15.5. The van der Waals surface area contributed by atoms with Crippen molar-refractivity contribution in [2.75, 3.05) is 6.61 Å². The molecule has 0 bridgehead atoms. The molecule has 1 N–H and O–H groups in total. The number of ether oxygens (including phenoxy) is 1. The minimum absolute atomic E-state index is 0.209. The van der Waals surface area contributed by atoms with E-state index < -0.39 is 17.6 Å². The molecular formula is C14H13F2NO3S. The average molecular weight is 313 g/mol. The zero-order valence-corrected chi connectivity index (χ0v) is 12.0. The molecule has 0 fully saturated rings. The summed E-state index contributed by atoms with van der Waals surface area (Å²) in [5.41, 5.74) is 0.551. The Morgan fingerprint density at radius 2 is 2.14 bits per heavy atom. The molecule has 0 aliphatic carbocycles. The Kier molecular flexibility index (Phi) is 4.85. The second kappa shape index (κ2) is 6.62. The fourth-order valence-corrected chi connectivity index (χ4v) is 2.71. The van der Waals surface area contributed by atoms with E-state index in [2.05, 4.69) is 4.98 Å². The van der Waals surface area contributed by atoms with E-state index in [0.29, 0.717) is 23.5 Å². The van der Waals surface area contributed by atoms with Gasteiger partial charge in [-0.3, -0.25) is 0 Å². The first-order valence-corrected chi connectivity index (χ1v) is 7.12. The Bertz CT molecular complexity index is 658. The molecule has 0 aliphatic rings. The molecule has 0 saturated heterocycles. The van der Waals surface area contributed by atoms with Crippen molar-refractivity contribution in [3.63, 3.8) is 0 Å². The van der Waals surface area contributed by atoms with Crippen LogP contribution < -0.4 is 4.74 Å². The van der Waals surface area contributed by atoms with Crippen molar-refractivity contribution in [1.82, 2.24) is 4.98 Å². The molecule has 0 atom stereocenters. The number of carbonyl (C=O) groups is 1. The molecule has 0 unspecified atom stereocenters. The van der Waals surface area contributed by atoms with Crippen LogP contribution in [0.3, 0.4) is 0 Å². The molecule has 0 saturated carbocycles. The zero-order valence-electron chi connectivity index (χ0n) is 11.2. The molecule has 0 amide bonds. The van der Waals surface area contributed by atoms with Gasteiger partial charge >= 0.3 is 5.97 Å². The number of rotatable bonds is 6. The molecule has 2 aromatic rings. The highest BCUT2D eigenvalue weighted by Crippen LogP contribution is 2.20. The summed E-state index contributed by atoms with van der Waals surface area (Å²) in [5.74, 6) is -2.67. The molecule has 112 valence electrons. The van der Waals surface area contributed by atoms with E-state index in [0.717, 1.165) is 23.5 Å². The van der Waals surface area contributed by atoms with Crippen molar-refractivity contribution in [2.24, 2.45) is 0 Å². The van der Waals surface area contributed by atoms with Gasteiger partial charge < -0.3 is 9.84 Å². The number of thiazole rings is 1. The van der Waals surface area contributed by atoms with Crippen LogP contribution in [0.2, 0.25) is 0 Å². The number of hydrogen-bond acceptors (Lipinski definition) is 4. The normalized spacial score (nSPS) is 10.6. The van der Waals surface area contributed by atoms with E-state index in [1.165, 1.54) is 6.07 Å². The monoisotopic (exact) mass is 313 g/mol. The third-order valence-corrected chi connectivity index (χ3v) is 3.89. The smallest absolute Gasteiger partial charge is 0.347 e. The van der Waals surface area contributed by atoms with E-state index >= 15 is 0 Å². The van der Waals surface area contributed by atoms with Crippen molar-refractivity contribution < 1.29 is 23.4 Å². The van der Waals surface area contributed by atoms with Gasteiger partial charge in [-0.15, -0.1) is 11.3 Å². The first kappa shape index (κ1) is 15.4. The highest BCUT2D eigenvalue weighted by Gasteiger charge is 2.15. The van der Waals surface area contributed by atoms with Crippen LogP contribution >= 0.6 is 11.3 Å². The fourth-order valence-electron chi connectivity index (χ4n) is 1.74. The van der Waals surface area contributed by atoms with Crippen LogP contribution in [-0.2, 0) is 12.8 Å². The van der Waals surface area contributed by atoms with Gasteiger partial charge in [0.2, 0.25) is 0 Å². The summed E-state index contributed by atoms with van der Waals surface area (Å²) < 4.78 is 31.0. The molecule has 1 aromatic heterocycles. The molecule has 1 heterocycles. The molecule has 21 heavy (non-hydrogen) atoms.